The second-order valence-corrected chi connectivity index (χ2v) is 8.81. The van der Waals surface area contributed by atoms with Crippen molar-refractivity contribution < 1.29 is 24.2 Å². The number of ketones is 1. The molecule has 0 bridgehead atoms. The molecule has 3 heterocycles. The van der Waals surface area contributed by atoms with E-state index < -0.39 is 23.5 Å². The van der Waals surface area contributed by atoms with Gasteiger partial charge in [0.05, 0.1) is 42.6 Å². The minimum Gasteiger partial charge on any atom is -0.507 e. The molecule has 0 spiro atoms. The van der Waals surface area contributed by atoms with E-state index >= 15 is 0 Å². The van der Waals surface area contributed by atoms with Crippen LogP contribution >= 0.6 is 34.5 Å². The third-order valence-corrected chi connectivity index (χ3v) is 6.75. The molecule has 10 heteroatoms. The van der Waals surface area contributed by atoms with Crippen molar-refractivity contribution in [1.29, 1.82) is 0 Å². The van der Waals surface area contributed by atoms with E-state index in [1.807, 2.05) is 11.4 Å². The summed E-state index contributed by atoms with van der Waals surface area (Å²) in [5.74, 6) is -1.79. The van der Waals surface area contributed by atoms with Gasteiger partial charge in [-0.25, -0.2) is 0 Å². The van der Waals surface area contributed by atoms with E-state index in [0.29, 0.717) is 10.6 Å². The molecule has 2 aromatic heterocycles. The Balaban J connectivity index is 1.91. The van der Waals surface area contributed by atoms with Gasteiger partial charge in [0, 0.05) is 11.1 Å². The average Bonchev–Trinajstić information content (AvgIpc) is 3.42. The van der Waals surface area contributed by atoms with Crippen molar-refractivity contribution in [3.8, 4) is 11.5 Å². The number of methoxy groups -OCH3 is 2. The van der Waals surface area contributed by atoms with Gasteiger partial charge < -0.3 is 19.5 Å². The first-order chi connectivity index (χ1) is 15.9. The van der Waals surface area contributed by atoms with Gasteiger partial charge >= 0.3 is 0 Å². The van der Waals surface area contributed by atoms with Crippen LogP contribution in [0.15, 0.2) is 53.5 Å². The van der Waals surface area contributed by atoms with E-state index in [-0.39, 0.29) is 39.2 Å². The number of thiophene rings is 1. The van der Waals surface area contributed by atoms with Crippen LogP contribution in [0.2, 0.25) is 10.0 Å². The van der Waals surface area contributed by atoms with Gasteiger partial charge in [-0.15, -0.1) is 11.3 Å². The van der Waals surface area contributed by atoms with Crippen LogP contribution in [0.3, 0.4) is 0 Å². The second kappa shape index (κ2) is 9.43. The van der Waals surface area contributed by atoms with Gasteiger partial charge in [0.1, 0.15) is 16.8 Å². The lowest BCUT2D eigenvalue weighted by Gasteiger charge is -2.24. The summed E-state index contributed by atoms with van der Waals surface area (Å²) in [7, 11) is 2.76. The molecule has 7 nitrogen and oxygen atoms in total. The number of aliphatic hydroxyl groups excluding tert-OH is 1. The quantitative estimate of drug-likeness (QED) is 0.285. The van der Waals surface area contributed by atoms with Crippen molar-refractivity contribution in [1.82, 2.24) is 9.88 Å². The van der Waals surface area contributed by atoms with Crippen LogP contribution in [-0.4, -0.2) is 40.9 Å². The Morgan fingerprint density at radius 2 is 1.91 bits per heavy atom. The number of likely N-dealkylation sites (tertiary alicyclic amines) is 1. The van der Waals surface area contributed by atoms with Crippen molar-refractivity contribution in [3.05, 3.63) is 79.7 Å². The summed E-state index contributed by atoms with van der Waals surface area (Å²) in [5, 5.41) is 13.3. The molecule has 1 aliphatic rings. The zero-order chi connectivity index (χ0) is 23.7. The van der Waals surface area contributed by atoms with Crippen molar-refractivity contribution in [2.24, 2.45) is 0 Å². The summed E-state index contributed by atoms with van der Waals surface area (Å²) in [6.45, 7) is 0.0893. The van der Waals surface area contributed by atoms with Crippen LogP contribution in [0, 0.1) is 0 Å². The Morgan fingerprint density at radius 3 is 2.52 bits per heavy atom. The Bertz CT molecular complexity index is 1250. The van der Waals surface area contributed by atoms with E-state index in [9.17, 15) is 14.7 Å². The van der Waals surface area contributed by atoms with Crippen LogP contribution in [0.4, 0.5) is 0 Å². The summed E-state index contributed by atoms with van der Waals surface area (Å²) >= 11 is 14.0. The Morgan fingerprint density at radius 1 is 1.15 bits per heavy atom. The number of halogens is 2. The van der Waals surface area contributed by atoms with Gasteiger partial charge in [0.25, 0.3) is 11.7 Å². The van der Waals surface area contributed by atoms with Gasteiger partial charge in [-0.3, -0.25) is 14.6 Å². The topological polar surface area (TPSA) is 89.0 Å². The van der Waals surface area contributed by atoms with E-state index in [1.165, 1.54) is 36.5 Å². The number of ether oxygens (including phenoxy) is 2. The molecular weight excluding hydrogens is 487 g/mol. The fraction of sp³-hybridized carbons (Fsp3) is 0.174. The maximum Gasteiger partial charge on any atom is 0.296 e. The van der Waals surface area contributed by atoms with Crippen molar-refractivity contribution in [2.75, 3.05) is 14.2 Å². The molecule has 0 aliphatic carbocycles. The SMILES string of the molecule is COc1c(Cl)cc(/C(O)=C2/C(=O)C(=O)N(Cc3ccccn3)C2c2cccs2)c(OC)c1Cl. The molecule has 33 heavy (non-hydrogen) atoms. The lowest BCUT2D eigenvalue weighted by molar-refractivity contribution is -0.140. The van der Waals surface area contributed by atoms with E-state index in [2.05, 4.69) is 4.98 Å². The predicted molar refractivity (Wildman–Crippen MR) is 126 cm³/mol. The smallest absolute Gasteiger partial charge is 0.296 e. The lowest BCUT2D eigenvalue weighted by atomic mass is 9.99. The zero-order valence-corrected chi connectivity index (χ0v) is 19.9. The largest absolute Gasteiger partial charge is 0.507 e. The maximum atomic E-state index is 13.2. The van der Waals surface area contributed by atoms with Gasteiger partial charge in [0.2, 0.25) is 0 Å². The van der Waals surface area contributed by atoms with Crippen LogP contribution < -0.4 is 9.47 Å². The molecule has 1 amide bonds. The van der Waals surface area contributed by atoms with Crippen LogP contribution in [0.25, 0.3) is 5.76 Å². The van der Waals surface area contributed by atoms with Gasteiger partial charge in [0.15, 0.2) is 11.5 Å². The van der Waals surface area contributed by atoms with E-state index in [4.69, 9.17) is 32.7 Å². The summed E-state index contributed by atoms with van der Waals surface area (Å²) in [6, 6.07) is 9.49. The maximum absolute atomic E-state index is 13.2. The molecule has 1 atom stereocenters. The Hall–Kier alpha value is -3.07. The molecule has 0 radical (unpaired) electrons. The highest BCUT2D eigenvalue weighted by Gasteiger charge is 2.47. The number of rotatable bonds is 6. The highest BCUT2D eigenvalue weighted by molar-refractivity contribution is 7.10. The van der Waals surface area contributed by atoms with Crippen molar-refractivity contribution in [3.63, 3.8) is 0 Å². The Labute approximate surface area is 203 Å². The van der Waals surface area contributed by atoms with E-state index in [1.54, 1.807) is 30.5 Å². The summed E-state index contributed by atoms with van der Waals surface area (Å²) in [6.07, 6.45) is 1.61. The average molecular weight is 505 g/mol. The normalized spacial score (nSPS) is 17.5. The standard InChI is InChI=1S/C23H18Cl2N2O5S/c1-31-21-13(10-14(24)22(32-2)17(21)25)19(28)16-18(15-7-5-9-33-15)27(23(30)20(16)29)11-12-6-3-4-8-26-12/h3-10,18,28H,11H2,1-2H3/b19-16-. The van der Waals surface area contributed by atoms with Crippen molar-refractivity contribution in [2.45, 2.75) is 12.6 Å². The van der Waals surface area contributed by atoms with Gasteiger partial charge in [-0.2, -0.15) is 0 Å². The minimum atomic E-state index is -0.827. The summed E-state index contributed by atoms with van der Waals surface area (Å²) < 4.78 is 10.6. The van der Waals surface area contributed by atoms with Crippen LogP contribution in [0.5, 0.6) is 11.5 Å². The molecule has 1 unspecified atom stereocenters. The first-order valence-corrected chi connectivity index (χ1v) is 11.3. The number of hydrogen-bond donors (Lipinski definition) is 1. The number of carbonyl (C=O) groups is 2. The highest BCUT2D eigenvalue weighted by atomic mass is 35.5. The van der Waals surface area contributed by atoms with Crippen LogP contribution in [-0.2, 0) is 16.1 Å². The minimum absolute atomic E-state index is 0.0319. The number of nitrogens with zero attached hydrogens (tertiary/aromatic N) is 2. The predicted octanol–water partition coefficient (Wildman–Crippen LogP) is 5.09. The lowest BCUT2D eigenvalue weighted by Crippen LogP contribution is -2.29. The number of hydrogen-bond acceptors (Lipinski definition) is 7. The number of Topliss-reactive ketones (excluding diaryl/α,β-unsaturated/α-hetero) is 1. The number of amides is 1. The molecule has 170 valence electrons. The first-order valence-electron chi connectivity index (χ1n) is 9.71. The number of benzene rings is 1. The molecule has 1 N–H and O–H groups in total. The number of carbonyl (C=O) groups excluding carboxylic acids is 2. The first kappa shape index (κ1) is 23.1. The monoisotopic (exact) mass is 504 g/mol. The summed E-state index contributed by atoms with van der Waals surface area (Å²) in [5.41, 5.74) is 0.591. The fourth-order valence-electron chi connectivity index (χ4n) is 3.74. The molecule has 1 aliphatic heterocycles. The van der Waals surface area contributed by atoms with Gasteiger partial charge in [-0.05, 0) is 29.6 Å². The highest BCUT2D eigenvalue weighted by Crippen LogP contribution is 2.47. The molecule has 3 aromatic rings. The number of aromatic nitrogens is 1. The zero-order valence-electron chi connectivity index (χ0n) is 17.5. The molecule has 1 saturated heterocycles. The van der Waals surface area contributed by atoms with E-state index in [0.717, 1.165) is 0 Å². The molecule has 0 saturated carbocycles. The fourth-order valence-corrected chi connectivity index (χ4v) is 5.28. The molecule has 4 rings (SSSR count). The molecule has 1 aromatic carbocycles. The second-order valence-electron chi connectivity index (χ2n) is 7.05. The summed E-state index contributed by atoms with van der Waals surface area (Å²) in [4.78, 5) is 32.6. The molecular formula is C23H18Cl2N2O5S. The third-order valence-electron chi connectivity index (χ3n) is 5.21. The van der Waals surface area contributed by atoms with Crippen LogP contribution in [0.1, 0.15) is 22.2 Å². The Kier molecular flexibility index (Phi) is 6.60. The number of pyridine rings is 1. The number of aliphatic hydroxyl groups is 1. The van der Waals surface area contributed by atoms with Gasteiger partial charge in [-0.1, -0.05) is 35.3 Å². The third kappa shape index (κ3) is 4.06. The molecule has 1 fully saturated rings. The van der Waals surface area contributed by atoms with Crippen molar-refractivity contribution >= 4 is 52.0 Å².